The molecule has 0 saturated carbocycles. The number of aromatic amines is 1. The van der Waals surface area contributed by atoms with Crippen LogP contribution in [0, 0.1) is 12.8 Å². The Morgan fingerprint density at radius 1 is 1.26 bits per heavy atom. The highest BCUT2D eigenvalue weighted by Gasteiger charge is 2.27. The number of piperidine rings is 1. The van der Waals surface area contributed by atoms with Crippen molar-refractivity contribution in [1.29, 1.82) is 0 Å². The summed E-state index contributed by atoms with van der Waals surface area (Å²) in [6.45, 7) is 16.4. The van der Waals surface area contributed by atoms with Gasteiger partial charge in [-0.15, -0.1) is 0 Å². The molecule has 1 aliphatic heterocycles. The van der Waals surface area contributed by atoms with Crippen LogP contribution >= 0.6 is 11.6 Å². The second kappa shape index (κ2) is 18.3. The Kier molecular flexibility index (Phi) is 16.1. The molecule has 1 atom stereocenters. The molecule has 34 heavy (non-hydrogen) atoms. The van der Waals surface area contributed by atoms with Gasteiger partial charge in [0.05, 0.1) is 0 Å². The largest absolute Gasteiger partial charge is 0.394 e. The second-order valence-electron chi connectivity index (χ2n) is 8.97. The van der Waals surface area contributed by atoms with Gasteiger partial charge in [0, 0.05) is 24.5 Å². The molecule has 190 valence electrons. The number of imidazole rings is 1. The van der Waals surface area contributed by atoms with E-state index in [1.165, 1.54) is 48.8 Å². The van der Waals surface area contributed by atoms with Crippen LogP contribution in [-0.4, -0.2) is 30.1 Å². The predicted octanol–water partition coefficient (Wildman–Crippen LogP) is 7.58. The number of hydrogen-bond acceptors (Lipinski definition) is 3. The molecule has 4 nitrogen and oxygen atoms in total. The fraction of sp³-hybridized carbons (Fsp3) is 0.552. The van der Waals surface area contributed by atoms with Crippen molar-refractivity contribution in [2.45, 2.75) is 78.1 Å². The van der Waals surface area contributed by atoms with Crippen molar-refractivity contribution in [1.82, 2.24) is 20.6 Å². The van der Waals surface area contributed by atoms with Crippen molar-refractivity contribution < 1.29 is 0 Å². The number of benzene rings is 1. The number of H-pyrrole nitrogens is 1. The zero-order valence-electron chi connectivity index (χ0n) is 21.9. The maximum absolute atomic E-state index is 6.33. The molecule has 0 amide bonds. The average molecular weight is 487 g/mol. The Labute approximate surface area is 213 Å². The number of nitrogens with zero attached hydrogens (tertiary/aromatic N) is 1. The van der Waals surface area contributed by atoms with Crippen LogP contribution in [0.5, 0.6) is 0 Å². The van der Waals surface area contributed by atoms with Crippen molar-refractivity contribution in [3.63, 3.8) is 0 Å². The van der Waals surface area contributed by atoms with E-state index in [4.69, 9.17) is 11.6 Å². The van der Waals surface area contributed by atoms with Gasteiger partial charge in [-0.25, -0.2) is 4.98 Å². The van der Waals surface area contributed by atoms with Crippen LogP contribution in [0.25, 0.3) is 0 Å². The van der Waals surface area contributed by atoms with E-state index in [2.05, 4.69) is 65.8 Å². The van der Waals surface area contributed by atoms with E-state index in [-0.39, 0.29) is 0 Å². The molecular weight excluding hydrogens is 440 g/mol. The molecule has 0 radical (unpaired) electrons. The highest BCUT2D eigenvalue weighted by atomic mass is 35.5. The molecule has 1 saturated heterocycles. The second-order valence-corrected chi connectivity index (χ2v) is 9.41. The number of hydrogen-bond donors (Lipinski definition) is 3. The van der Waals surface area contributed by atoms with Crippen LogP contribution in [-0.2, 0) is 6.42 Å². The van der Waals surface area contributed by atoms with Crippen LogP contribution in [0.3, 0.4) is 0 Å². The van der Waals surface area contributed by atoms with Crippen LogP contribution in [0.2, 0.25) is 5.02 Å². The van der Waals surface area contributed by atoms with E-state index < -0.39 is 0 Å². The number of aromatic nitrogens is 2. The lowest BCUT2D eigenvalue weighted by Gasteiger charge is -2.33. The lowest BCUT2D eigenvalue weighted by Crippen LogP contribution is -2.31. The molecule has 2 heterocycles. The number of nitrogens with one attached hydrogen (secondary N) is 3. The van der Waals surface area contributed by atoms with Crippen molar-refractivity contribution in [3.8, 4) is 0 Å². The first-order valence-corrected chi connectivity index (χ1v) is 13.2. The summed E-state index contributed by atoms with van der Waals surface area (Å²) in [5, 5.41) is 7.08. The van der Waals surface area contributed by atoms with Crippen molar-refractivity contribution >= 4 is 11.6 Å². The summed E-state index contributed by atoms with van der Waals surface area (Å²) in [5.74, 6) is 2.34. The van der Waals surface area contributed by atoms with E-state index in [1.807, 2.05) is 14.0 Å². The lowest BCUT2D eigenvalue weighted by atomic mass is 9.75. The molecule has 5 heteroatoms. The quantitative estimate of drug-likeness (QED) is 0.239. The third-order valence-corrected chi connectivity index (χ3v) is 6.59. The third-order valence-electron chi connectivity index (χ3n) is 6.35. The standard InChI is InChI=1S/C22H34ClN.C4H6N2.C3H7N/c1-4-6-7-8-19-16-20(23)9-10-21(19)22(15-17(3)5-2)18-11-13-24-14-12-18;1-4-5-2-3-6-4;1-3-4-2/h9-10,16,18,22,24H,3-8,11-15H2,1-2H3;2-3H,1H3,(H,5,6);3-4H,1H2,2H3. The van der Waals surface area contributed by atoms with Gasteiger partial charge in [0.2, 0.25) is 0 Å². The molecule has 0 bridgehead atoms. The topological polar surface area (TPSA) is 52.7 Å². The summed E-state index contributed by atoms with van der Waals surface area (Å²) < 4.78 is 0. The number of aryl methyl sites for hydroxylation is 2. The van der Waals surface area contributed by atoms with Crippen molar-refractivity contribution in [2.75, 3.05) is 20.1 Å². The minimum absolute atomic E-state index is 0.605. The first kappa shape index (κ1) is 30.0. The van der Waals surface area contributed by atoms with Crippen LogP contribution < -0.4 is 10.6 Å². The van der Waals surface area contributed by atoms with Crippen molar-refractivity contribution in [2.24, 2.45) is 5.92 Å². The first-order chi connectivity index (χ1) is 16.5. The SMILES string of the molecule is C=C(CC)CC(c1ccc(Cl)cc1CCCCC)C1CCNCC1.C=CNC.Cc1ncc[nH]1. The molecule has 1 aromatic carbocycles. The molecule has 2 aromatic rings. The van der Waals surface area contributed by atoms with E-state index in [1.54, 1.807) is 18.6 Å². The first-order valence-electron chi connectivity index (χ1n) is 12.9. The molecule has 0 spiro atoms. The minimum Gasteiger partial charge on any atom is -0.394 e. The molecule has 1 aliphatic rings. The van der Waals surface area contributed by atoms with Gasteiger partial charge in [-0.3, -0.25) is 0 Å². The monoisotopic (exact) mass is 486 g/mol. The predicted molar refractivity (Wildman–Crippen MR) is 150 cm³/mol. The lowest BCUT2D eigenvalue weighted by molar-refractivity contribution is 0.314. The highest BCUT2D eigenvalue weighted by molar-refractivity contribution is 6.30. The van der Waals surface area contributed by atoms with Crippen molar-refractivity contribution in [3.05, 3.63) is 77.5 Å². The number of allylic oxidation sites excluding steroid dienone is 1. The molecule has 1 aromatic heterocycles. The maximum Gasteiger partial charge on any atom is 0.102 e. The normalized spacial score (nSPS) is 14.1. The van der Waals surface area contributed by atoms with E-state index in [9.17, 15) is 0 Å². The van der Waals surface area contributed by atoms with E-state index in [0.29, 0.717) is 5.92 Å². The van der Waals surface area contributed by atoms with Gasteiger partial charge >= 0.3 is 0 Å². The summed E-state index contributed by atoms with van der Waals surface area (Å²) in [6.07, 6.45) is 14.9. The van der Waals surface area contributed by atoms with Gasteiger partial charge in [0.1, 0.15) is 5.82 Å². The highest BCUT2D eigenvalue weighted by Crippen LogP contribution is 2.39. The molecule has 0 aliphatic carbocycles. The summed E-state index contributed by atoms with van der Waals surface area (Å²) in [6, 6.07) is 6.61. The summed E-state index contributed by atoms with van der Waals surface area (Å²) >= 11 is 6.33. The third kappa shape index (κ3) is 11.9. The minimum atomic E-state index is 0.605. The Hall–Kier alpha value is -2.04. The molecule has 1 unspecified atom stereocenters. The van der Waals surface area contributed by atoms with Crippen LogP contribution in [0.4, 0.5) is 0 Å². The van der Waals surface area contributed by atoms with Gasteiger partial charge < -0.3 is 15.6 Å². The molecule has 3 N–H and O–H groups in total. The van der Waals surface area contributed by atoms with E-state index in [0.717, 1.165) is 49.1 Å². The van der Waals surface area contributed by atoms with Gasteiger partial charge in [-0.1, -0.05) is 63.1 Å². The summed E-state index contributed by atoms with van der Waals surface area (Å²) in [4.78, 5) is 6.75. The van der Waals surface area contributed by atoms with Gasteiger partial charge in [0.15, 0.2) is 0 Å². The zero-order chi connectivity index (χ0) is 25.2. The van der Waals surface area contributed by atoms with Crippen LogP contribution in [0.1, 0.15) is 81.7 Å². The summed E-state index contributed by atoms with van der Waals surface area (Å²) in [5.41, 5.74) is 4.40. The van der Waals surface area contributed by atoms with Crippen LogP contribution in [0.15, 0.2) is 55.5 Å². The smallest absolute Gasteiger partial charge is 0.102 e. The summed E-state index contributed by atoms with van der Waals surface area (Å²) in [7, 11) is 1.81. The Bertz CT molecular complexity index is 794. The number of unbranched alkanes of at least 4 members (excludes halogenated alkanes) is 2. The average Bonchev–Trinajstić information content (AvgIpc) is 3.35. The molecule has 3 rings (SSSR count). The van der Waals surface area contributed by atoms with Gasteiger partial charge in [-0.2, -0.15) is 0 Å². The van der Waals surface area contributed by atoms with Gasteiger partial charge in [-0.05, 0) is 99.8 Å². The number of rotatable bonds is 10. The van der Waals surface area contributed by atoms with E-state index >= 15 is 0 Å². The maximum atomic E-state index is 6.33. The Balaban J connectivity index is 0.000000478. The Morgan fingerprint density at radius 3 is 2.47 bits per heavy atom. The zero-order valence-corrected chi connectivity index (χ0v) is 22.7. The van der Waals surface area contributed by atoms with Gasteiger partial charge in [0.25, 0.3) is 0 Å². The Morgan fingerprint density at radius 2 is 1.97 bits per heavy atom. The fourth-order valence-electron chi connectivity index (χ4n) is 4.29. The fourth-order valence-corrected chi connectivity index (χ4v) is 4.49. The molecular formula is C29H47ClN4. The molecule has 1 fully saturated rings. The number of halogens is 1.